The van der Waals surface area contributed by atoms with Crippen LogP contribution in [0.4, 0.5) is 0 Å². The molecule has 0 N–H and O–H groups in total. The molecule has 4 aromatic rings. The van der Waals surface area contributed by atoms with E-state index in [1.165, 1.54) is 16.4 Å². The van der Waals surface area contributed by atoms with Gasteiger partial charge in [0.25, 0.3) is 10.1 Å². The summed E-state index contributed by atoms with van der Waals surface area (Å²) in [5, 5.41) is 0. The molecule has 1 fully saturated rings. The van der Waals surface area contributed by atoms with Crippen molar-refractivity contribution < 1.29 is 30.5 Å². The summed E-state index contributed by atoms with van der Waals surface area (Å²) in [6.45, 7) is 4.33. The average Bonchev–Trinajstić information content (AvgIpc) is 3.05. The maximum absolute atomic E-state index is 14.4. The molecule has 4 aromatic carbocycles. The van der Waals surface area contributed by atoms with Crippen LogP contribution in [0.2, 0.25) is 0 Å². The molecule has 1 aliphatic rings. The molecule has 8 nitrogen and oxygen atoms in total. The summed E-state index contributed by atoms with van der Waals surface area (Å²) in [7, 11) is -8.06. The second-order valence-corrected chi connectivity index (χ2v) is 15.1. The lowest BCUT2D eigenvalue weighted by atomic mass is 9.94. The molecular weight excluding hydrogens is 623 g/mol. The molecule has 1 heterocycles. The average molecular weight is 664 g/mol. The minimum Gasteiger partial charge on any atom is -0.375 e. The van der Waals surface area contributed by atoms with Crippen molar-refractivity contribution in [3.05, 3.63) is 131 Å². The van der Waals surface area contributed by atoms with Crippen LogP contribution in [0, 0.1) is 13.8 Å². The molecule has 5 rings (SSSR count). The maximum Gasteiger partial charge on any atom is 0.296 e. The number of sulfonamides is 1. The SMILES string of the molecule is Cc1ccc(S(=O)(=O)OCC[C@H]2CC[C@H](OCc3ccccc3)[C@@H](COCc3ccccc3)N2S(=O)(=O)c2ccc(C)cc2)cc1. The Hall–Kier alpha value is -3.38. The van der Waals surface area contributed by atoms with Crippen LogP contribution in [0.5, 0.6) is 0 Å². The van der Waals surface area contributed by atoms with E-state index in [4.69, 9.17) is 13.7 Å². The molecule has 0 saturated carbocycles. The molecule has 0 bridgehead atoms. The Morgan fingerprint density at radius 3 is 1.80 bits per heavy atom. The van der Waals surface area contributed by atoms with Crippen LogP contribution in [-0.2, 0) is 47.0 Å². The largest absolute Gasteiger partial charge is 0.375 e. The summed E-state index contributed by atoms with van der Waals surface area (Å²) < 4.78 is 74.3. The van der Waals surface area contributed by atoms with Gasteiger partial charge in [0.05, 0.1) is 48.4 Å². The van der Waals surface area contributed by atoms with E-state index in [0.29, 0.717) is 26.1 Å². The Labute approximate surface area is 273 Å². The van der Waals surface area contributed by atoms with Crippen molar-refractivity contribution in [1.82, 2.24) is 4.31 Å². The normalized spacial score (nSPS) is 19.2. The molecule has 0 aliphatic carbocycles. The highest BCUT2D eigenvalue weighted by molar-refractivity contribution is 7.89. The molecule has 0 spiro atoms. The first-order valence-corrected chi connectivity index (χ1v) is 18.3. The number of nitrogens with zero attached hydrogens (tertiary/aromatic N) is 1. The van der Waals surface area contributed by atoms with Crippen LogP contribution in [0.1, 0.15) is 41.5 Å². The third-order valence-electron chi connectivity index (χ3n) is 8.20. The second-order valence-electron chi connectivity index (χ2n) is 11.7. The van der Waals surface area contributed by atoms with E-state index in [0.717, 1.165) is 22.3 Å². The topological polar surface area (TPSA) is 99.2 Å². The summed E-state index contributed by atoms with van der Waals surface area (Å²) in [6, 6.07) is 31.5. The molecule has 0 aromatic heterocycles. The Balaban J connectivity index is 1.42. The zero-order valence-electron chi connectivity index (χ0n) is 26.2. The van der Waals surface area contributed by atoms with Gasteiger partial charge in [-0.1, -0.05) is 96.1 Å². The predicted molar refractivity (Wildman–Crippen MR) is 177 cm³/mol. The smallest absolute Gasteiger partial charge is 0.296 e. The van der Waals surface area contributed by atoms with E-state index >= 15 is 0 Å². The van der Waals surface area contributed by atoms with Gasteiger partial charge in [0.2, 0.25) is 10.0 Å². The molecular formula is C36H41NO7S2. The fourth-order valence-corrected chi connectivity index (χ4v) is 8.48. The van der Waals surface area contributed by atoms with Gasteiger partial charge in [-0.25, -0.2) is 8.42 Å². The number of piperidine rings is 1. The lowest BCUT2D eigenvalue weighted by molar-refractivity contribution is -0.0720. The minimum absolute atomic E-state index is 0.0624. The Morgan fingerprint density at radius 1 is 0.674 bits per heavy atom. The molecule has 0 unspecified atom stereocenters. The Kier molecular flexibility index (Phi) is 11.4. The van der Waals surface area contributed by atoms with Gasteiger partial charge >= 0.3 is 0 Å². The first kappa shape index (κ1) is 34.0. The Bertz CT molecular complexity index is 1750. The molecule has 0 radical (unpaired) electrons. The summed E-state index contributed by atoms with van der Waals surface area (Å²) in [5.41, 5.74) is 3.83. The first-order valence-electron chi connectivity index (χ1n) is 15.5. The van der Waals surface area contributed by atoms with Crippen LogP contribution in [0.15, 0.2) is 119 Å². The zero-order chi connectivity index (χ0) is 32.6. The zero-order valence-corrected chi connectivity index (χ0v) is 27.8. The van der Waals surface area contributed by atoms with E-state index in [1.807, 2.05) is 74.5 Å². The molecule has 46 heavy (non-hydrogen) atoms. The Morgan fingerprint density at radius 2 is 1.22 bits per heavy atom. The fraction of sp³-hybridized carbons (Fsp3) is 0.333. The molecule has 0 amide bonds. The van der Waals surface area contributed by atoms with Gasteiger partial charge in [0.15, 0.2) is 0 Å². The summed E-state index contributed by atoms with van der Waals surface area (Å²) in [6.07, 6.45) is 0.760. The number of aryl methyl sites for hydroxylation is 2. The lowest BCUT2D eigenvalue weighted by Gasteiger charge is -2.45. The van der Waals surface area contributed by atoms with E-state index < -0.39 is 38.3 Å². The lowest BCUT2D eigenvalue weighted by Crippen LogP contribution is -2.58. The van der Waals surface area contributed by atoms with Crippen LogP contribution in [-0.4, -0.2) is 52.5 Å². The van der Waals surface area contributed by atoms with Crippen molar-refractivity contribution in [2.24, 2.45) is 0 Å². The van der Waals surface area contributed by atoms with Crippen LogP contribution in [0.25, 0.3) is 0 Å². The number of benzene rings is 4. The quantitative estimate of drug-likeness (QED) is 0.144. The van der Waals surface area contributed by atoms with Crippen LogP contribution in [0.3, 0.4) is 0 Å². The van der Waals surface area contributed by atoms with Gasteiger partial charge < -0.3 is 9.47 Å². The molecule has 1 aliphatic heterocycles. The van der Waals surface area contributed by atoms with E-state index in [-0.39, 0.29) is 29.4 Å². The van der Waals surface area contributed by atoms with Crippen molar-refractivity contribution in [1.29, 1.82) is 0 Å². The van der Waals surface area contributed by atoms with E-state index in [2.05, 4.69) is 0 Å². The number of hydrogen-bond donors (Lipinski definition) is 0. The van der Waals surface area contributed by atoms with Crippen LogP contribution >= 0.6 is 0 Å². The third kappa shape index (κ3) is 8.70. The van der Waals surface area contributed by atoms with Gasteiger partial charge in [0, 0.05) is 6.04 Å². The van der Waals surface area contributed by atoms with E-state index in [1.54, 1.807) is 36.4 Å². The molecule has 1 saturated heterocycles. The second kappa shape index (κ2) is 15.5. The summed E-state index contributed by atoms with van der Waals surface area (Å²) >= 11 is 0. The number of ether oxygens (including phenoxy) is 2. The van der Waals surface area contributed by atoms with Gasteiger partial charge in [0.1, 0.15) is 0 Å². The number of hydrogen-bond acceptors (Lipinski definition) is 7. The fourth-order valence-electron chi connectivity index (χ4n) is 5.68. The monoisotopic (exact) mass is 663 g/mol. The van der Waals surface area contributed by atoms with Gasteiger partial charge in [-0.15, -0.1) is 0 Å². The van der Waals surface area contributed by atoms with E-state index in [9.17, 15) is 16.8 Å². The van der Waals surface area contributed by atoms with Crippen molar-refractivity contribution >= 4 is 20.1 Å². The van der Waals surface area contributed by atoms with Crippen LogP contribution < -0.4 is 0 Å². The molecule has 10 heteroatoms. The third-order valence-corrected chi connectivity index (χ3v) is 11.5. The minimum atomic E-state index is -4.04. The molecule has 3 atom stereocenters. The first-order chi connectivity index (χ1) is 22.1. The molecule has 244 valence electrons. The predicted octanol–water partition coefficient (Wildman–Crippen LogP) is 6.42. The highest BCUT2D eigenvalue weighted by Gasteiger charge is 2.45. The van der Waals surface area contributed by atoms with Gasteiger partial charge in [-0.3, -0.25) is 4.18 Å². The summed E-state index contributed by atoms with van der Waals surface area (Å²) in [4.78, 5) is 0.223. The summed E-state index contributed by atoms with van der Waals surface area (Å²) in [5.74, 6) is 0. The van der Waals surface area contributed by atoms with Gasteiger partial charge in [-0.05, 0) is 68.5 Å². The van der Waals surface area contributed by atoms with Crippen molar-refractivity contribution in [2.45, 2.75) is 74.3 Å². The van der Waals surface area contributed by atoms with Crippen molar-refractivity contribution in [3.63, 3.8) is 0 Å². The highest BCUT2D eigenvalue weighted by Crippen LogP contribution is 2.34. The maximum atomic E-state index is 14.4. The number of rotatable bonds is 14. The highest BCUT2D eigenvalue weighted by atomic mass is 32.2. The van der Waals surface area contributed by atoms with Crippen molar-refractivity contribution in [3.8, 4) is 0 Å². The standard InChI is InChI=1S/C36H41NO7S2/c1-28-13-18-33(19-14-28)45(38,39)37-32(23-24-44-46(40,41)34-20-15-29(2)16-21-34)17-22-36(43-26-31-11-7-4-8-12-31)35(37)27-42-25-30-9-5-3-6-10-30/h3-16,18-21,32,35-36H,17,22-27H2,1-2H3/t32-,35-,36+/m1/s1. The van der Waals surface area contributed by atoms with Gasteiger partial charge in [-0.2, -0.15) is 12.7 Å². The van der Waals surface area contributed by atoms with Crippen molar-refractivity contribution in [2.75, 3.05) is 13.2 Å².